The van der Waals surface area contributed by atoms with Crippen LogP contribution < -0.4 is 0 Å². The lowest BCUT2D eigenvalue weighted by atomic mass is 10.1. The molecule has 0 aliphatic carbocycles. The molecule has 0 saturated carbocycles. The maximum absolute atomic E-state index is 13.0. The third kappa shape index (κ3) is 2.04. The highest BCUT2D eigenvalue weighted by molar-refractivity contribution is 5.95. The number of rotatable bonds is 3. The van der Waals surface area contributed by atoms with Gasteiger partial charge in [-0.05, 0) is 41.6 Å². The number of fused-ring (bicyclic) bond motifs is 1. The molecule has 1 N–H and O–H groups in total. The van der Waals surface area contributed by atoms with Crippen LogP contribution in [0, 0.1) is 10.7 Å². The van der Waals surface area contributed by atoms with Crippen LogP contribution in [0.15, 0.2) is 47.8 Å². The molecule has 0 radical (unpaired) electrons. The van der Waals surface area contributed by atoms with Crippen molar-refractivity contribution < 1.29 is 14.3 Å². The smallest absolute Gasteiger partial charge is 0.339 e. The number of hydrogen-bond donors (Lipinski definition) is 1. The lowest BCUT2D eigenvalue weighted by Gasteiger charge is -1.98. The van der Waals surface area contributed by atoms with Gasteiger partial charge in [0.2, 0.25) is 5.82 Å². The van der Waals surface area contributed by atoms with Crippen molar-refractivity contribution in [3.63, 3.8) is 0 Å². The Kier molecular flexibility index (Phi) is 2.94. The molecule has 0 amide bonds. The molecular formula is C14H8FN3O3. The van der Waals surface area contributed by atoms with E-state index in [0.717, 1.165) is 0 Å². The van der Waals surface area contributed by atoms with Gasteiger partial charge in [0.15, 0.2) is 5.65 Å². The maximum Gasteiger partial charge on any atom is 0.339 e. The Labute approximate surface area is 117 Å². The predicted octanol–water partition coefficient (Wildman–Crippen LogP) is 3.24. The highest BCUT2D eigenvalue weighted by Crippen LogP contribution is 2.31. The number of benzene rings is 1. The number of carboxylic acids is 1. The number of hydrogen-bond acceptors (Lipinski definition) is 4. The Hall–Kier alpha value is -3.09. The summed E-state index contributed by atoms with van der Waals surface area (Å²) in [5.41, 5.74) is 0.749. The SMILES string of the molecule is O=Nc1c(-c2ccc(F)cc2)nc2c(C(=O)O)cccn12. The summed E-state index contributed by atoms with van der Waals surface area (Å²) in [6.07, 6.45) is 1.50. The summed E-state index contributed by atoms with van der Waals surface area (Å²) in [4.78, 5) is 26.5. The van der Waals surface area contributed by atoms with Gasteiger partial charge in [0, 0.05) is 11.8 Å². The summed E-state index contributed by atoms with van der Waals surface area (Å²) >= 11 is 0. The highest BCUT2D eigenvalue weighted by Gasteiger charge is 2.19. The van der Waals surface area contributed by atoms with Crippen LogP contribution in [0.5, 0.6) is 0 Å². The zero-order chi connectivity index (χ0) is 15.0. The van der Waals surface area contributed by atoms with Gasteiger partial charge in [-0.15, -0.1) is 4.91 Å². The minimum atomic E-state index is -1.16. The van der Waals surface area contributed by atoms with Crippen LogP contribution in [-0.2, 0) is 0 Å². The van der Waals surface area contributed by atoms with Crippen LogP contribution >= 0.6 is 0 Å². The third-order valence-corrected chi connectivity index (χ3v) is 3.06. The fourth-order valence-electron chi connectivity index (χ4n) is 2.11. The Balaban J connectivity index is 2.33. The topological polar surface area (TPSA) is 84.0 Å². The predicted molar refractivity (Wildman–Crippen MR) is 73.0 cm³/mol. The first-order chi connectivity index (χ1) is 10.1. The second-order valence-electron chi connectivity index (χ2n) is 4.30. The van der Waals surface area contributed by atoms with E-state index < -0.39 is 11.8 Å². The largest absolute Gasteiger partial charge is 0.478 e. The summed E-state index contributed by atoms with van der Waals surface area (Å²) < 4.78 is 14.3. The molecule has 7 heteroatoms. The molecule has 21 heavy (non-hydrogen) atoms. The van der Waals surface area contributed by atoms with Gasteiger partial charge in [-0.2, -0.15) is 0 Å². The molecule has 6 nitrogen and oxygen atoms in total. The van der Waals surface area contributed by atoms with Gasteiger partial charge in [0.25, 0.3) is 0 Å². The van der Waals surface area contributed by atoms with Crippen molar-refractivity contribution in [2.45, 2.75) is 0 Å². The second-order valence-corrected chi connectivity index (χ2v) is 4.30. The van der Waals surface area contributed by atoms with E-state index in [0.29, 0.717) is 5.56 Å². The fourth-order valence-corrected chi connectivity index (χ4v) is 2.11. The molecule has 3 aromatic rings. The summed E-state index contributed by atoms with van der Waals surface area (Å²) in [6, 6.07) is 8.23. The number of halogens is 1. The Morgan fingerprint density at radius 3 is 2.57 bits per heavy atom. The molecule has 104 valence electrons. The maximum atomic E-state index is 13.0. The number of carboxylic acid groups (broad SMARTS) is 1. The molecule has 0 saturated heterocycles. The number of carbonyl (C=O) groups is 1. The summed E-state index contributed by atoms with van der Waals surface area (Å²) in [6.45, 7) is 0. The van der Waals surface area contributed by atoms with Crippen molar-refractivity contribution in [3.8, 4) is 11.3 Å². The van der Waals surface area contributed by atoms with Gasteiger partial charge < -0.3 is 5.11 Å². The monoisotopic (exact) mass is 285 g/mol. The van der Waals surface area contributed by atoms with E-state index in [1.807, 2.05) is 0 Å². The van der Waals surface area contributed by atoms with Crippen LogP contribution in [0.1, 0.15) is 10.4 Å². The quantitative estimate of drug-likeness (QED) is 0.749. The third-order valence-electron chi connectivity index (χ3n) is 3.06. The van der Waals surface area contributed by atoms with Crippen LogP contribution in [0.3, 0.4) is 0 Å². The van der Waals surface area contributed by atoms with Crippen molar-refractivity contribution in [2.75, 3.05) is 0 Å². The summed E-state index contributed by atoms with van der Waals surface area (Å²) in [5.74, 6) is -1.61. The molecule has 0 bridgehead atoms. The van der Waals surface area contributed by atoms with E-state index in [-0.39, 0.29) is 22.7 Å². The van der Waals surface area contributed by atoms with Gasteiger partial charge in [-0.25, -0.2) is 14.2 Å². The average molecular weight is 285 g/mol. The van der Waals surface area contributed by atoms with Crippen LogP contribution in [0.2, 0.25) is 0 Å². The summed E-state index contributed by atoms with van der Waals surface area (Å²) in [7, 11) is 0. The lowest BCUT2D eigenvalue weighted by Crippen LogP contribution is -1.99. The standard InChI is InChI=1S/C14H8FN3O3/c15-9-5-3-8(4-6-9)11-13(17-21)18-7-1-2-10(14(19)20)12(18)16-11/h1-7H,(H,19,20). The molecule has 0 atom stereocenters. The van der Waals surface area contributed by atoms with E-state index in [2.05, 4.69) is 10.2 Å². The minimum absolute atomic E-state index is 0.0280. The van der Waals surface area contributed by atoms with Gasteiger partial charge in [0.05, 0.1) is 0 Å². The first-order valence-corrected chi connectivity index (χ1v) is 5.95. The first kappa shape index (κ1) is 12.9. The van der Waals surface area contributed by atoms with E-state index in [1.165, 1.54) is 47.0 Å². The Bertz CT molecular complexity index is 856. The van der Waals surface area contributed by atoms with E-state index in [1.54, 1.807) is 0 Å². The number of aromatic nitrogens is 2. The second kappa shape index (κ2) is 4.78. The Morgan fingerprint density at radius 1 is 1.24 bits per heavy atom. The number of aromatic carboxylic acids is 1. The molecule has 0 spiro atoms. The molecule has 0 aliphatic heterocycles. The van der Waals surface area contributed by atoms with Crippen molar-refractivity contribution >= 4 is 17.4 Å². The van der Waals surface area contributed by atoms with Crippen molar-refractivity contribution in [3.05, 3.63) is 58.9 Å². The number of nitrogens with zero attached hydrogens (tertiary/aromatic N) is 3. The van der Waals surface area contributed by atoms with Gasteiger partial charge >= 0.3 is 5.97 Å². The molecule has 3 rings (SSSR count). The zero-order valence-electron chi connectivity index (χ0n) is 10.5. The molecular weight excluding hydrogens is 277 g/mol. The molecule has 2 heterocycles. The number of pyridine rings is 1. The average Bonchev–Trinajstić information content (AvgIpc) is 2.86. The first-order valence-electron chi connectivity index (χ1n) is 5.95. The van der Waals surface area contributed by atoms with Crippen LogP contribution in [0.25, 0.3) is 16.9 Å². The number of imidazole rings is 1. The minimum Gasteiger partial charge on any atom is -0.478 e. The van der Waals surface area contributed by atoms with Crippen molar-refractivity contribution in [2.24, 2.45) is 5.18 Å². The van der Waals surface area contributed by atoms with Gasteiger partial charge in [-0.1, -0.05) is 0 Å². The van der Waals surface area contributed by atoms with E-state index >= 15 is 0 Å². The molecule has 0 fully saturated rings. The summed E-state index contributed by atoms with van der Waals surface area (Å²) in [5, 5.41) is 12.1. The lowest BCUT2D eigenvalue weighted by molar-refractivity contribution is 0.0698. The van der Waals surface area contributed by atoms with Gasteiger partial charge in [-0.3, -0.25) is 4.40 Å². The van der Waals surface area contributed by atoms with Crippen LogP contribution in [0.4, 0.5) is 10.2 Å². The molecule has 0 unspecified atom stereocenters. The molecule has 2 aromatic heterocycles. The Morgan fingerprint density at radius 2 is 1.95 bits per heavy atom. The zero-order valence-corrected chi connectivity index (χ0v) is 10.5. The highest BCUT2D eigenvalue weighted by atomic mass is 19.1. The fraction of sp³-hybridized carbons (Fsp3) is 0. The van der Waals surface area contributed by atoms with E-state index in [4.69, 9.17) is 5.11 Å². The van der Waals surface area contributed by atoms with Gasteiger partial charge in [0.1, 0.15) is 17.1 Å². The molecule has 0 aliphatic rings. The van der Waals surface area contributed by atoms with Crippen molar-refractivity contribution in [1.29, 1.82) is 0 Å². The number of nitroso groups, excluding NO2 is 1. The molecule has 1 aromatic carbocycles. The van der Waals surface area contributed by atoms with E-state index in [9.17, 15) is 14.1 Å². The normalized spacial score (nSPS) is 10.7. The van der Waals surface area contributed by atoms with Crippen LogP contribution in [-0.4, -0.2) is 20.5 Å². The van der Waals surface area contributed by atoms with Crippen molar-refractivity contribution in [1.82, 2.24) is 9.38 Å².